The number of methoxy groups -OCH3 is 1. The molecule has 0 saturated heterocycles. The van der Waals surface area contributed by atoms with Crippen LogP contribution in [0.15, 0.2) is 52.5 Å². The maximum Gasteiger partial charge on any atom is 0.259 e. The number of ether oxygens (including phenoxy) is 1. The van der Waals surface area contributed by atoms with Crippen LogP contribution in [0.1, 0.15) is 41.3 Å². The Kier molecular flexibility index (Phi) is 7.34. The van der Waals surface area contributed by atoms with Crippen molar-refractivity contribution in [3.8, 4) is 17.7 Å². The van der Waals surface area contributed by atoms with Gasteiger partial charge in [0.25, 0.3) is 11.5 Å². The summed E-state index contributed by atoms with van der Waals surface area (Å²) in [5, 5.41) is 10.1. The summed E-state index contributed by atoms with van der Waals surface area (Å²) >= 11 is 1.30. The normalized spacial score (nSPS) is 20.8. The van der Waals surface area contributed by atoms with E-state index in [4.69, 9.17) is 10.5 Å². The molecule has 2 aromatic rings. The second-order valence-corrected chi connectivity index (χ2v) is 10.5. The van der Waals surface area contributed by atoms with Crippen LogP contribution in [-0.4, -0.2) is 45.3 Å². The number of hydrogen-bond donors (Lipinski definition) is 4. The van der Waals surface area contributed by atoms with E-state index in [2.05, 4.69) is 38.0 Å². The Morgan fingerprint density at radius 1 is 1.36 bits per heavy atom. The zero-order valence-corrected chi connectivity index (χ0v) is 22.4. The number of rotatable bonds is 5. The van der Waals surface area contributed by atoms with Gasteiger partial charge in [0.05, 0.1) is 24.4 Å². The summed E-state index contributed by atoms with van der Waals surface area (Å²) < 4.78 is 21.1. The number of amidine groups is 1. The number of thioether (sulfide) groups is 1. The van der Waals surface area contributed by atoms with Crippen molar-refractivity contribution >= 4 is 34.1 Å². The van der Waals surface area contributed by atoms with E-state index >= 15 is 0 Å². The average molecular weight is 550 g/mol. The van der Waals surface area contributed by atoms with Crippen molar-refractivity contribution in [1.29, 1.82) is 0 Å². The molecule has 0 radical (unpaired) electrons. The number of aryl methyl sites for hydroxylation is 1. The van der Waals surface area contributed by atoms with Crippen molar-refractivity contribution < 1.29 is 13.9 Å². The van der Waals surface area contributed by atoms with Crippen molar-refractivity contribution in [3.63, 3.8) is 0 Å². The standard InChI is InChI=1S/C27H28FN7O3S/c1-14-8-25(36)35(13-20(14)29)23-10-17(18-9-21(15(2)28)30-12-22(18)38-3)19(11-31-23)26(37)32-27-34-33-24(39-27)7-6-16-4-5-16/h8-13,15-16,21,24,30,33H,4-5,29H2,1-3H3,(H,32,34,37). The van der Waals surface area contributed by atoms with Gasteiger partial charge in [-0.15, -0.1) is 0 Å². The number of dihydropyridines is 1. The Morgan fingerprint density at radius 2 is 2.15 bits per heavy atom. The van der Waals surface area contributed by atoms with E-state index in [1.807, 2.05) is 0 Å². The minimum atomic E-state index is -1.23. The summed E-state index contributed by atoms with van der Waals surface area (Å²) in [6, 6.07) is 2.34. The Balaban J connectivity index is 1.52. The monoisotopic (exact) mass is 549 g/mol. The predicted molar refractivity (Wildman–Crippen MR) is 149 cm³/mol. The average Bonchev–Trinajstić information content (AvgIpc) is 3.66. The van der Waals surface area contributed by atoms with E-state index < -0.39 is 18.1 Å². The molecule has 1 aliphatic carbocycles. The lowest BCUT2D eigenvalue weighted by molar-refractivity contribution is 0.0977. The Bertz CT molecular complexity index is 1530. The van der Waals surface area contributed by atoms with Crippen LogP contribution in [0.4, 0.5) is 10.1 Å². The molecule has 12 heteroatoms. The third-order valence-electron chi connectivity index (χ3n) is 6.43. The molecule has 2 aromatic heterocycles. The van der Waals surface area contributed by atoms with Gasteiger partial charge in [-0.05, 0) is 56.2 Å². The molecule has 202 valence electrons. The first-order valence-corrected chi connectivity index (χ1v) is 13.3. The summed E-state index contributed by atoms with van der Waals surface area (Å²) in [4.78, 5) is 30.7. The molecule has 3 unspecified atom stereocenters. The molecular formula is C27H28FN7O3S. The molecule has 1 fully saturated rings. The maximum absolute atomic E-state index is 14.3. The van der Waals surface area contributed by atoms with Gasteiger partial charge in [0.1, 0.15) is 17.7 Å². The van der Waals surface area contributed by atoms with Crippen LogP contribution < -0.4 is 27.4 Å². The number of carbonyl (C=O) groups is 1. The number of pyridine rings is 2. The fourth-order valence-electron chi connectivity index (χ4n) is 4.00. The fourth-order valence-corrected chi connectivity index (χ4v) is 4.72. The maximum atomic E-state index is 14.3. The number of nitrogen functional groups attached to an aromatic ring is 1. The number of amides is 1. The highest BCUT2D eigenvalue weighted by molar-refractivity contribution is 8.14. The van der Waals surface area contributed by atoms with Crippen molar-refractivity contribution in [2.45, 2.75) is 44.3 Å². The van der Waals surface area contributed by atoms with Crippen LogP contribution in [0.2, 0.25) is 0 Å². The number of nitrogens with zero attached hydrogens (tertiary/aromatic N) is 3. The largest absolute Gasteiger partial charge is 0.495 e. The van der Waals surface area contributed by atoms with Gasteiger partial charge < -0.3 is 15.8 Å². The van der Waals surface area contributed by atoms with E-state index in [1.165, 1.54) is 48.8 Å². The van der Waals surface area contributed by atoms with Gasteiger partial charge in [0.15, 0.2) is 10.5 Å². The number of hydrazone groups is 1. The number of hydrogen-bond acceptors (Lipinski definition) is 9. The lowest BCUT2D eigenvalue weighted by Crippen LogP contribution is -2.34. The van der Waals surface area contributed by atoms with E-state index in [9.17, 15) is 14.0 Å². The van der Waals surface area contributed by atoms with Crippen molar-refractivity contribution in [2.24, 2.45) is 11.0 Å². The van der Waals surface area contributed by atoms with Gasteiger partial charge in [0, 0.05) is 41.7 Å². The highest BCUT2D eigenvalue weighted by Gasteiger charge is 2.28. The van der Waals surface area contributed by atoms with Gasteiger partial charge >= 0.3 is 0 Å². The van der Waals surface area contributed by atoms with Crippen molar-refractivity contribution in [3.05, 3.63) is 69.6 Å². The van der Waals surface area contributed by atoms with Gasteiger partial charge in [-0.1, -0.05) is 11.8 Å². The van der Waals surface area contributed by atoms with Crippen LogP contribution in [0.25, 0.3) is 11.4 Å². The van der Waals surface area contributed by atoms with E-state index in [1.54, 1.807) is 25.3 Å². The van der Waals surface area contributed by atoms with Gasteiger partial charge in [-0.2, -0.15) is 5.10 Å². The summed E-state index contributed by atoms with van der Waals surface area (Å²) in [5.74, 6) is 6.90. The smallest absolute Gasteiger partial charge is 0.259 e. The molecule has 0 spiro atoms. The molecule has 1 amide bonds. The quantitative estimate of drug-likeness (QED) is 0.418. The van der Waals surface area contributed by atoms with Crippen LogP contribution in [0.3, 0.4) is 0 Å². The first kappa shape index (κ1) is 26.4. The number of carbonyl (C=O) groups excluding carboxylic acids is 1. The van der Waals surface area contributed by atoms with Crippen molar-refractivity contribution in [2.75, 3.05) is 12.8 Å². The number of allylic oxidation sites excluding steroid dienone is 1. The molecule has 2 aliphatic heterocycles. The Hall–Kier alpha value is -4.24. The number of alkyl halides is 1. The molecule has 10 nitrogen and oxygen atoms in total. The van der Waals surface area contributed by atoms with E-state index in [0.29, 0.717) is 39.2 Å². The Labute approximate surface area is 229 Å². The van der Waals surface area contributed by atoms with Crippen LogP contribution in [0, 0.1) is 24.7 Å². The summed E-state index contributed by atoms with van der Waals surface area (Å²) in [6.07, 6.45) is 7.07. The zero-order chi connectivity index (χ0) is 27.7. The summed E-state index contributed by atoms with van der Waals surface area (Å²) in [7, 11) is 1.48. The summed E-state index contributed by atoms with van der Waals surface area (Å²) in [6.45, 7) is 3.17. The topological polar surface area (TPSA) is 136 Å². The lowest BCUT2D eigenvalue weighted by Gasteiger charge is -2.25. The molecule has 0 bridgehead atoms. The Morgan fingerprint density at radius 3 is 2.87 bits per heavy atom. The molecule has 0 aromatic carbocycles. The summed E-state index contributed by atoms with van der Waals surface area (Å²) in [5.41, 5.74) is 10.7. The molecule has 3 atom stereocenters. The SMILES string of the molecule is COC1=CNC(C(C)F)C=C1c1cc(-n2cc(N)c(C)cc2=O)ncc1C(=O)NC1=NNC(C#CC2CC2)S1. The van der Waals surface area contributed by atoms with Crippen LogP contribution in [0.5, 0.6) is 0 Å². The van der Waals surface area contributed by atoms with Crippen molar-refractivity contribution in [1.82, 2.24) is 25.6 Å². The molecule has 5 N–H and O–H groups in total. The molecule has 39 heavy (non-hydrogen) atoms. The number of nitrogens with two attached hydrogens (primary N) is 1. The highest BCUT2D eigenvalue weighted by Crippen LogP contribution is 2.31. The predicted octanol–water partition coefficient (Wildman–Crippen LogP) is 2.40. The van der Waals surface area contributed by atoms with Gasteiger partial charge in [0.2, 0.25) is 0 Å². The molecule has 5 rings (SSSR count). The minimum Gasteiger partial charge on any atom is -0.495 e. The number of halogens is 1. The molecule has 1 saturated carbocycles. The van der Waals surface area contributed by atoms with Gasteiger partial charge in [-0.3, -0.25) is 24.9 Å². The minimum absolute atomic E-state index is 0.184. The second kappa shape index (κ2) is 10.9. The third-order valence-corrected chi connectivity index (χ3v) is 7.31. The first-order valence-electron chi connectivity index (χ1n) is 12.4. The molecule has 3 aliphatic rings. The van der Waals surface area contributed by atoms with Crippen LogP contribution >= 0.6 is 11.8 Å². The molecular weight excluding hydrogens is 521 g/mol. The van der Waals surface area contributed by atoms with E-state index in [0.717, 1.165) is 12.8 Å². The molecule has 4 heterocycles. The second-order valence-electron chi connectivity index (χ2n) is 9.43. The van der Waals surface area contributed by atoms with Crippen LogP contribution in [-0.2, 0) is 4.74 Å². The zero-order valence-electron chi connectivity index (χ0n) is 21.6. The number of aromatic nitrogens is 2. The third kappa shape index (κ3) is 5.78. The number of anilines is 1. The van der Waals surface area contributed by atoms with Gasteiger partial charge in [-0.25, -0.2) is 9.37 Å². The fraction of sp³-hybridized carbons (Fsp3) is 0.333. The van der Waals surface area contributed by atoms with E-state index in [-0.39, 0.29) is 22.3 Å². The first-order chi connectivity index (χ1) is 18.7. The lowest BCUT2D eigenvalue weighted by atomic mass is 9.94. The highest BCUT2D eigenvalue weighted by atomic mass is 32.2. The number of nitrogens with one attached hydrogen (secondary N) is 3.